The van der Waals surface area contributed by atoms with Crippen LogP contribution in [-0.4, -0.2) is 66.2 Å². The van der Waals surface area contributed by atoms with E-state index >= 15 is 0 Å². The molecular weight excluding hydrogens is 388 g/mol. The molecule has 2 aliphatic rings. The van der Waals surface area contributed by atoms with Crippen LogP contribution in [0.25, 0.3) is 0 Å². The first-order valence-electron chi connectivity index (χ1n) is 11.6. The second kappa shape index (κ2) is 10.3. The van der Waals surface area contributed by atoms with Crippen LogP contribution in [0.15, 0.2) is 52.2 Å². The second-order valence-corrected chi connectivity index (χ2v) is 8.92. The molecule has 1 unspecified atom stereocenters. The van der Waals surface area contributed by atoms with Crippen molar-refractivity contribution in [1.29, 1.82) is 0 Å². The molecule has 2 aromatic rings. The lowest BCUT2D eigenvalue weighted by Crippen LogP contribution is -2.57. The Morgan fingerprint density at radius 3 is 2.52 bits per heavy atom. The van der Waals surface area contributed by atoms with Crippen LogP contribution in [0.5, 0.6) is 0 Å². The highest BCUT2D eigenvalue weighted by Crippen LogP contribution is 2.32. The molecule has 1 saturated carbocycles. The van der Waals surface area contributed by atoms with Crippen LogP contribution in [-0.2, 0) is 6.54 Å². The van der Waals surface area contributed by atoms with Crippen LogP contribution in [0.3, 0.4) is 0 Å². The number of aliphatic imine (C=N–C) groups is 1. The number of hydrogen-bond donors (Lipinski definition) is 2. The van der Waals surface area contributed by atoms with Crippen molar-refractivity contribution < 1.29 is 4.52 Å². The van der Waals surface area contributed by atoms with Crippen molar-refractivity contribution in [3.05, 3.63) is 53.9 Å². The molecule has 1 aliphatic carbocycles. The molecule has 168 valence electrons. The van der Waals surface area contributed by atoms with Gasteiger partial charge in [0.2, 0.25) is 0 Å². The van der Waals surface area contributed by atoms with E-state index in [1.807, 2.05) is 13.1 Å². The van der Waals surface area contributed by atoms with Gasteiger partial charge in [-0.05, 0) is 25.3 Å². The van der Waals surface area contributed by atoms with Crippen molar-refractivity contribution in [3.8, 4) is 0 Å². The molecule has 2 N–H and O–H groups in total. The van der Waals surface area contributed by atoms with Crippen molar-refractivity contribution in [2.75, 3.05) is 39.8 Å². The smallest absolute Gasteiger partial charge is 0.193 e. The largest absolute Gasteiger partial charge is 0.364 e. The van der Waals surface area contributed by atoms with Crippen molar-refractivity contribution in [1.82, 2.24) is 25.6 Å². The maximum absolute atomic E-state index is 4.96. The van der Waals surface area contributed by atoms with E-state index in [1.165, 1.54) is 31.2 Å². The highest BCUT2D eigenvalue weighted by Gasteiger charge is 2.35. The zero-order valence-electron chi connectivity index (χ0n) is 18.9. The lowest BCUT2D eigenvalue weighted by Gasteiger charge is -2.39. The Bertz CT molecular complexity index is 808. The van der Waals surface area contributed by atoms with Crippen LogP contribution >= 0.6 is 0 Å². The Morgan fingerprint density at radius 2 is 1.87 bits per heavy atom. The SMILES string of the molecule is CN=C(NCC1(NC(C)c2ccccc2)CCCC1)N1CCN(Cc2ccon2)CC1. The van der Waals surface area contributed by atoms with Gasteiger partial charge in [0, 0.05) is 64.0 Å². The monoisotopic (exact) mass is 424 g/mol. The summed E-state index contributed by atoms with van der Waals surface area (Å²) in [4.78, 5) is 9.40. The standard InChI is InChI=1S/C24H36N6O/c1-20(21-8-4-3-5-9-21)27-24(11-6-7-12-24)19-26-23(25-2)30-15-13-29(14-16-30)18-22-10-17-31-28-22/h3-5,8-10,17,20,27H,6-7,11-16,18-19H2,1-2H3,(H,25,26). The summed E-state index contributed by atoms with van der Waals surface area (Å²) in [6, 6.07) is 13.0. The molecule has 1 atom stereocenters. The Balaban J connectivity index is 1.30. The molecule has 1 aliphatic heterocycles. The molecule has 2 heterocycles. The van der Waals surface area contributed by atoms with E-state index in [0.29, 0.717) is 6.04 Å². The van der Waals surface area contributed by atoms with Crippen LogP contribution in [0, 0.1) is 0 Å². The fourth-order valence-electron chi connectivity index (χ4n) is 4.95. The van der Waals surface area contributed by atoms with Gasteiger partial charge in [0.25, 0.3) is 0 Å². The topological polar surface area (TPSA) is 68.9 Å². The minimum absolute atomic E-state index is 0.125. The Hall–Kier alpha value is -2.38. The Morgan fingerprint density at radius 1 is 1.13 bits per heavy atom. The number of hydrogen-bond acceptors (Lipinski definition) is 5. The van der Waals surface area contributed by atoms with Gasteiger partial charge in [0.05, 0.1) is 5.69 Å². The predicted molar refractivity (Wildman–Crippen MR) is 124 cm³/mol. The third-order valence-corrected chi connectivity index (χ3v) is 6.73. The molecule has 1 aromatic heterocycles. The summed E-state index contributed by atoms with van der Waals surface area (Å²) >= 11 is 0. The van der Waals surface area contributed by atoms with Crippen LogP contribution < -0.4 is 10.6 Å². The number of nitrogens with zero attached hydrogens (tertiary/aromatic N) is 4. The van der Waals surface area contributed by atoms with Crippen LogP contribution in [0.2, 0.25) is 0 Å². The highest BCUT2D eigenvalue weighted by molar-refractivity contribution is 5.80. The maximum Gasteiger partial charge on any atom is 0.193 e. The molecule has 7 heteroatoms. The van der Waals surface area contributed by atoms with Crippen molar-refractivity contribution in [2.45, 2.75) is 50.7 Å². The van der Waals surface area contributed by atoms with Gasteiger partial charge in [-0.15, -0.1) is 0 Å². The minimum Gasteiger partial charge on any atom is -0.364 e. The minimum atomic E-state index is 0.125. The zero-order chi connectivity index (χ0) is 21.5. The first-order valence-corrected chi connectivity index (χ1v) is 11.6. The Labute approximate surface area is 185 Å². The van der Waals surface area contributed by atoms with Gasteiger partial charge in [-0.3, -0.25) is 9.89 Å². The first-order chi connectivity index (χ1) is 15.2. The number of aromatic nitrogens is 1. The zero-order valence-corrected chi connectivity index (χ0v) is 18.9. The molecule has 31 heavy (non-hydrogen) atoms. The summed E-state index contributed by atoms with van der Waals surface area (Å²) in [5, 5.41) is 11.7. The molecule has 1 saturated heterocycles. The van der Waals surface area contributed by atoms with E-state index in [-0.39, 0.29) is 5.54 Å². The molecule has 1 aromatic carbocycles. The normalized spacial score (nSPS) is 20.7. The van der Waals surface area contributed by atoms with Gasteiger partial charge >= 0.3 is 0 Å². The van der Waals surface area contributed by atoms with Crippen molar-refractivity contribution in [3.63, 3.8) is 0 Å². The summed E-state index contributed by atoms with van der Waals surface area (Å²) < 4.78 is 4.96. The van der Waals surface area contributed by atoms with E-state index in [0.717, 1.165) is 50.9 Å². The molecule has 0 amide bonds. The number of piperazine rings is 1. The third kappa shape index (κ3) is 5.66. The van der Waals surface area contributed by atoms with Gasteiger partial charge < -0.3 is 20.1 Å². The van der Waals surface area contributed by atoms with Gasteiger partial charge in [-0.2, -0.15) is 0 Å². The van der Waals surface area contributed by atoms with Gasteiger partial charge in [0.15, 0.2) is 5.96 Å². The molecule has 4 rings (SSSR count). The summed E-state index contributed by atoms with van der Waals surface area (Å²) in [6.45, 7) is 7.98. The average Bonchev–Trinajstić information content (AvgIpc) is 3.48. The molecular formula is C24H36N6O. The number of benzene rings is 1. The van der Waals surface area contributed by atoms with Crippen molar-refractivity contribution in [2.24, 2.45) is 4.99 Å². The van der Waals surface area contributed by atoms with Crippen molar-refractivity contribution >= 4 is 5.96 Å². The summed E-state index contributed by atoms with van der Waals surface area (Å²) in [7, 11) is 1.89. The number of guanidine groups is 1. The third-order valence-electron chi connectivity index (χ3n) is 6.73. The van der Waals surface area contributed by atoms with E-state index in [1.54, 1.807) is 6.26 Å². The van der Waals surface area contributed by atoms with E-state index < -0.39 is 0 Å². The molecule has 0 bridgehead atoms. The Kier molecular flexibility index (Phi) is 7.25. The summed E-state index contributed by atoms with van der Waals surface area (Å²) in [5.74, 6) is 1.02. The molecule has 7 nitrogen and oxygen atoms in total. The quantitative estimate of drug-likeness (QED) is 0.526. The maximum atomic E-state index is 4.96. The fraction of sp³-hybridized carbons (Fsp3) is 0.583. The number of rotatable bonds is 7. The first kappa shape index (κ1) is 21.8. The molecule has 0 radical (unpaired) electrons. The molecule has 0 spiro atoms. The highest BCUT2D eigenvalue weighted by atomic mass is 16.5. The van der Waals surface area contributed by atoms with Crippen LogP contribution in [0.4, 0.5) is 0 Å². The van der Waals surface area contributed by atoms with Crippen LogP contribution in [0.1, 0.15) is 49.9 Å². The van der Waals surface area contributed by atoms with E-state index in [9.17, 15) is 0 Å². The van der Waals surface area contributed by atoms with E-state index in [2.05, 4.69) is 67.8 Å². The van der Waals surface area contributed by atoms with Gasteiger partial charge in [0.1, 0.15) is 6.26 Å². The average molecular weight is 425 g/mol. The predicted octanol–water partition coefficient (Wildman–Crippen LogP) is 3.03. The van der Waals surface area contributed by atoms with Gasteiger partial charge in [-0.1, -0.05) is 48.3 Å². The fourth-order valence-corrected chi connectivity index (χ4v) is 4.95. The van der Waals surface area contributed by atoms with E-state index in [4.69, 9.17) is 4.52 Å². The van der Waals surface area contributed by atoms with Gasteiger partial charge in [-0.25, -0.2) is 0 Å². The molecule has 2 fully saturated rings. The summed E-state index contributed by atoms with van der Waals surface area (Å²) in [6.07, 6.45) is 6.63. The number of nitrogens with one attached hydrogen (secondary N) is 2. The lowest BCUT2D eigenvalue weighted by atomic mass is 9.94. The second-order valence-electron chi connectivity index (χ2n) is 8.92. The summed E-state index contributed by atoms with van der Waals surface area (Å²) in [5.41, 5.74) is 2.47. The lowest BCUT2D eigenvalue weighted by molar-refractivity contribution is 0.168.